The van der Waals surface area contributed by atoms with Crippen molar-refractivity contribution in [3.8, 4) is 16.9 Å². The number of methoxy groups -OCH3 is 1. The standard InChI is InChI=1S/C32H30N2O2.CO2/c1-22(27-10-7-11-29(19-27)36-3)18-32(35)28-16-17-30-23(2)33-34(31(30)20-28)21-24-12-14-26(15-13-24)25-8-5-4-6-9-25;2-1-3/h4-17,19-20,22H,18,21H2,1-3H3;/t22-;/m1./s1. The first-order valence-electron chi connectivity index (χ1n) is 12.7. The molecule has 39 heavy (non-hydrogen) atoms. The second kappa shape index (κ2) is 12.6. The molecule has 0 spiro atoms. The number of aryl methyl sites for hydroxylation is 1. The molecule has 0 bridgehead atoms. The van der Waals surface area contributed by atoms with Crippen LogP contribution >= 0.6 is 0 Å². The second-order valence-electron chi connectivity index (χ2n) is 9.43. The van der Waals surface area contributed by atoms with Crippen LogP contribution in [0.5, 0.6) is 5.75 Å². The van der Waals surface area contributed by atoms with E-state index < -0.39 is 0 Å². The van der Waals surface area contributed by atoms with E-state index in [9.17, 15) is 4.79 Å². The number of rotatable bonds is 8. The second-order valence-corrected chi connectivity index (χ2v) is 9.43. The van der Waals surface area contributed by atoms with E-state index >= 15 is 0 Å². The number of aromatic nitrogens is 2. The number of benzene rings is 4. The predicted molar refractivity (Wildman–Crippen MR) is 151 cm³/mol. The molecule has 5 aromatic rings. The van der Waals surface area contributed by atoms with Gasteiger partial charge in [-0.25, -0.2) is 0 Å². The van der Waals surface area contributed by atoms with Crippen molar-refractivity contribution in [1.29, 1.82) is 0 Å². The van der Waals surface area contributed by atoms with E-state index in [2.05, 4.69) is 55.5 Å². The van der Waals surface area contributed by atoms with Gasteiger partial charge in [0, 0.05) is 17.4 Å². The van der Waals surface area contributed by atoms with E-state index in [0.717, 1.165) is 33.5 Å². The van der Waals surface area contributed by atoms with Crippen molar-refractivity contribution in [3.63, 3.8) is 0 Å². The first-order chi connectivity index (χ1) is 18.9. The van der Waals surface area contributed by atoms with E-state index in [1.165, 1.54) is 16.7 Å². The van der Waals surface area contributed by atoms with Gasteiger partial charge in [0.05, 0.1) is 24.9 Å². The lowest BCUT2D eigenvalue weighted by molar-refractivity contribution is -0.191. The van der Waals surface area contributed by atoms with Gasteiger partial charge in [-0.3, -0.25) is 9.48 Å². The highest BCUT2D eigenvalue weighted by Crippen LogP contribution is 2.27. The van der Waals surface area contributed by atoms with E-state index in [1.807, 2.05) is 60.1 Å². The molecule has 0 saturated heterocycles. The van der Waals surface area contributed by atoms with Crippen molar-refractivity contribution in [2.75, 3.05) is 7.11 Å². The Labute approximate surface area is 227 Å². The summed E-state index contributed by atoms with van der Waals surface area (Å²) in [5.74, 6) is 1.03. The zero-order valence-electron chi connectivity index (χ0n) is 22.3. The van der Waals surface area contributed by atoms with Gasteiger partial charge in [0.1, 0.15) is 5.75 Å². The van der Waals surface area contributed by atoms with E-state index in [-0.39, 0.29) is 17.9 Å². The zero-order valence-corrected chi connectivity index (χ0v) is 22.3. The molecule has 1 atom stereocenters. The van der Waals surface area contributed by atoms with Gasteiger partial charge in [0.15, 0.2) is 5.78 Å². The molecule has 0 fully saturated rings. The highest BCUT2D eigenvalue weighted by Gasteiger charge is 2.16. The summed E-state index contributed by atoms with van der Waals surface area (Å²) in [4.78, 5) is 29.5. The third-order valence-corrected chi connectivity index (χ3v) is 6.81. The fraction of sp³-hybridized carbons (Fsp3) is 0.182. The van der Waals surface area contributed by atoms with Crippen LogP contribution in [0.4, 0.5) is 0 Å². The van der Waals surface area contributed by atoms with Gasteiger partial charge >= 0.3 is 6.15 Å². The minimum absolute atomic E-state index is 0.0954. The number of Topliss-reactive ketones (excluding diaryl/α,β-unsaturated/α-hetero) is 1. The van der Waals surface area contributed by atoms with Crippen molar-refractivity contribution < 1.29 is 19.1 Å². The van der Waals surface area contributed by atoms with Crippen LogP contribution < -0.4 is 4.74 Å². The Hall–Kier alpha value is -4.80. The summed E-state index contributed by atoms with van der Waals surface area (Å²) in [7, 11) is 1.66. The number of carbonyl (C=O) groups is 1. The Bertz CT molecular complexity index is 1600. The fourth-order valence-electron chi connectivity index (χ4n) is 4.70. The number of nitrogens with zero attached hydrogens (tertiary/aromatic N) is 2. The molecule has 4 aromatic carbocycles. The number of ketones is 1. The van der Waals surface area contributed by atoms with Gasteiger partial charge in [-0.2, -0.15) is 14.7 Å². The molecule has 196 valence electrons. The topological polar surface area (TPSA) is 78.3 Å². The van der Waals surface area contributed by atoms with Crippen LogP contribution in [-0.2, 0) is 16.1 Å². The Morgan fingerprint density at radius 3 is 2.28 bits per heavy atom. The lowest BCUT2D eigenvalue weighted by Crippen LogP contribution is -2.06. The van der Waals surface area contributed by atoms with Crippen molar-refractivity contribution in [2.45, 2.75) is 32.7 Å². The summed E-state index contributed by atoms with van der Waals surface area (Å²) >= 11 is 0. The highest BCUT2D eigenvalue weighted by atomic mass is 16.5. The zero-order chi connectivity index (χ0) is 27.8. The third kappa shape index (κ3) is 6.56. The molecule has 1 heterocycles. The lowest BCUT2D eigenvalue weighted by atomic mass is 9.93. The number of ether oxygens (including phenoxy) is 1. The molecule has 5 rings (SSSR count). The SMILES string of the molecule is COc1cccc([C@H](C)CC(=O)c2ccc3c(C)nn(Cc4ccc(-c5ccccc5)cc4)c3c2)c1.O=C=O. The molecule has 0 radical (unpaired) electrons. The average Bonchev–Trinajstić information content (AvgIpc) is 3.28. The monoisotopic (exact) mass is 518 g/mol. The maximum atomic E-state index is 13.2. The summed E-state index contributed by atoms with van der Waals surface area (Å²) in [5.41, 5.74) is 7.34. The van der Waals surface area contributed by atoms with Gasteiger partial charge in [0.25, 0.3) is 0 Å². The fourth-order valence-corrected chi connectivity index (χ4v) is 4.70. The number of hydrogen-bond acceptors (Lipinski definition) is 5. The van der Waals surface area contributed by atoms with E-state index in [1.54, 1.807) is 7.11 Å². The molecule has 0 unspecified atom stereocenters. The molecule has 0 aliphatic rings. The number of fused-ring (bicyclic) bond motifs is 1. The van der Waals surface area contributed by atoms with Crippen molar-refractivity contribution in [2.24, 2.45) is 0 Å². The number of carbonyl (C=O) groups excluding carboxylic acids is 3. The van der Waals surface area contributed by atoms with Crippen LogP contribution in [0.3, 0.4) is 0 Å². The van der Waals surface area contributed by atoms with Crippen LogP contribution in [0.2, 0.25) is 0 Å². The molecule has 6 nitrogen and oxygen atoms in total. The number of hydrogen-bond donors (Lipinski definition) is 0. The minimum Gasteiger partial charge on any atom is -0.497 e. The first kappa shape index (κ1) is 27.2. The average molecular weight is 519 g/mol. The molecule has 0 amide bonds. The van der Waals surface area contributed by atoms with Gasteiger partial charge in [-0.15, -0.1) is 0 Å². The Balaban J connectivity index is 0.00000112. The maximum absolute atomic E-state index is 13.2. The third-order valence-electron chi connectivity index (χ3n) is 6.81. The van der Waals surface area contributed by atoms with Gasteiger partial charge in [-0.05, 0) is 53.3 Å². The van der Waals surface area contributed by atoms with E-state index in [0.29, 0.717) is 13.0 Å². The molecule has 0 aliphatic heterocycles. The van der Waals surface area contributed by atoms with Crippen molar-refractivity contribution in [1.82, 2.24) is 9.78 Å². The minimum atomic E-state index is 0.0954. The first-order valence-corrected chi connectivity index (χ1v) is 12.7. The lowest BCUT2D eigenvalue weighted by Gasteiger charge is -2.13. The largest absolute Gasteiger partial charge is 0.497 e. The summed E-state index contributed by atoms with van der Waals surface area (Å²) < 4.78 is 7.35. The summed E-state index contributed by atoms with van der Waals surface area (Å²) in [6.07, 6.45) is 0.687. The molecular formula is C33H30N2O4. The van der Waals surface area contributed by atoms with Gasteiger partial charge < -0.3 is 4.74 Å². The van der Waals surface area contributed by atoms with Crippen LogP contribution in [0.15, 0.2) is 97.1 Å². The van der Waals surface area contributed by atoms with Crippen molar-refractivity contribution in [3.05, 3.63) is 119 Å². The normalized spacial score (nSPS) is 11.3. The molecule has 1 aromatic heterocycles. The summed E-state index contributed by atoms with van der Waals surface area (Å²) in [6.45, 7) is 4.75. The Kier molecular flexibility index (Phi) is 8.82. The van der Waals surface area contributed by atoms with Crippen LogP contribution in [0.25, 0.3) is 22.0 Å². The maximum Gasteiger partial charge on any atom is 0.373 e. The highest BCUT2D eigenvalue weighted by molar-refractivity contribution is 6.00. The molecule has 6 heteroatoms. The van der Waals surface area contributed by atoms with Crippen LogP contribution in [-0.4, -0.2) is 28.8 Å². The predicted octanol–water partition coefficient (Wildman–Crippen LogP) is 6.86. The summed E-state index contributed by atoms with van der Waals surface area (Å²) in [5, 5.41) is 5.86. The quantitative estimate of drug-likeness (QED) is 0.210. The Morgan fingerprint density at radius 2 is 1.59 bits per heavy atom. The Morgan fingerprint density at radius 1 is 0.897 bits per heavy atom. The van der Waals surface area contributed by atoms with Crippen LogP contribution in [0, 0.1) is 6.92 Å². The molecule has 0 aliphatic carbocycles. The summed E-state index contributed by atoms with van der Waals surface area (Å²) in [6, 6.07) is 32.9. The van der Waals surface area contributed by atoms with Gasteiger partial charge in [-0.1, -0.05) is 85.8 Å². The smallest absolute Gasteiger partial charge is 0.373 e. The molecular weight excluding hydrogens is 488 g/mol. The van der Waals surface area contributed by atoms with Crippen molar-refractivity contribution >= 4 is 22.8 Å². The van der Waals surface area contributed by atoms with Crippen LogP contribution in [0.1, 0.15) is 46.4 Å². The molecule has 0 saturated carbocycles. The molecule has 0 N–H and O–H groups in total. The van der Waals surface area contributed by atoms with Gasteiger partial charge in [0.2, 0.25) is 0 Å². The van der Waals surface area contributed by atoms with E-state index in [4.69, 9.17) is 19.4 Å².